The Kier molecular flexibility index (Phi) is 5.39. The zero-order valence-corrected chi connectivity index (χ0v) is 15.8. The molecular weight excluding hydrogens is 360 g/mol. The molecule has 0 bridgehead atoms. The number of nitrogens with one attached hydrogen (secondary N) is 1. The number of nitrogens with zero attached hydrogens (tertiary/aromatic N) is 3. The van der Waals surface area contributed by atoms with E-state index in [1.54, 1.807) is 17.7 Å². The smallest absolute Gasteiger partial charge is 0.310 e. The summed E-state index contributed by atoms with van der Waals surface area (Å²) in [5.74, 6) is -0.376. The molecular formula is C20H20N4O4. The fourth-order valence-electron chi connectivity index (χ4n) is 2.81. The molecule has 28 heavy (non-hydrogen) atoms. The number of nitro groups is 1. The van der Waals surface area contributed by atoms with Crippen molar-refractivity contribution in [3.63, 3.8) is 0 Å². The lowest BCUT2D eigenvalue weighted by atomic mass is 10.2. The summed E-state index contributed by atoms with van der Waals surface area (Å²) in [7, 11) is 0. The van der Waals surface area contributed by atoms with E-state index in [9.17, 15) is 14.9 Å². The quantitative estimate of drug-likeness (QED) is 0.519. The zero-order valence-electron chi connectivity index (χ0n) is 15.8. The van der Waals surface area contributed by atoms with E-state index in [-0.39, 0.29) is 18.0 Å². The molecule has 0 saturated heterocycles. The highest BCUT2D eigenvalue weighted by molar-refractivity contribution is 5.93. The van der Waals surface area contributed by atoms with Crippen LogP contribution in [-0.4, -0.2) is 27.2 Å². The van der Waals surface area contributed by atoms with E-state index in [4.69, 9.17) is 4.74 Å². The van der Waals surface area contributed by atoms with Crippen LogP contribution >= 0.6 is 0 Å². The number of hydrogen-bond donors (Lipinski definition) is 1. The van der Waals surface area contributed by atoms with Gasteiger partial charge in [-0.15, -0.1) is 0 Å². The molecule has 2 aromatic carbocycles. The second-order valence-corrected chi connectivity index (χ2v) is 6.35. The van der Waals surface area contributed by atoms with Crippen LogP contribution in [0, 0.1) is 30.9 Å². The number of ether oxygens (including phenoxy) is 1. The topological polar surface area (TPSA) is 99.3 Å². The van der Waals surface area contributed by atoms with Crippen molar-refractivity contribution in [2.75, 3.05) is 11.9 Å². The molecule has 0 aliphatic heterocycles. The Morgan fingerprint density at radius 2 is 1.82 bits per heavy atom. The Morgan fingerprint density at radius 3 is 2.50 bits per heavy atom. The maximum Gasteiger partial charge on any atom is 0.310 e. The minimum Gasteiger partial charge on any atom is -0.477 e. The van der Waals surface area contributed by atoms with Gasteiger partial charge in [-0.2, -0.15) is 5.10 Å². The van der Waals surface area contributed by atoms with Crippen molar-refractivity contribution in [2.45, 2.75) is 20.8 Å². The van der Waals surface area contributed by atoms with Gasteiger partial charge in [0.2, 0.25) is 0 Å². The average Bonchev–Trinajstić information content (AvgIpc) is 2.95. The lowest BCUT2D eigenvalue weighted by molar-refractivity contribution is -0.385. The molecule has 0 fully saturated rings. The maximum atomic E-state index is 12.3. The molecule has 1 aromatic heterocycles. The van der Waals surface area contributed by atoms with Crippen molar-refractivity contribution >= 4 is 17.3 Å². The van der Waals surface area contributed by atoms with Crippen LogP contribution in [0.4, 0.5) is 11.4 Å². The summed E-state index contributed by atoms with van der Waals surface area (Å²) >= 11 is 0. The molecule has 0 aliphatic rings. The van der Waals surface area contributed by atoms with E-state index in [2.05, 4.69) is 10.4 Å². The molecule has 0 saturated carbocycles. The van der Waals surface area contributed by atoms with Crippen LogP contribution in [0.2, 0.25) is 0 Å². The number of para-hydroxylation sites is 2. The van der Waals surface area contributed by atoms with Gasteiger partial charge in [0.1, 0.15) is 0 Å². The summed E-state index contributed by atoms with van der Waals surface area (Å²) < 4.78 is 7.09. The van der Waals surface area contributed by atoms with E-state index < -0.39 is 10.8 Å². The van der Waals surface area contributed by atoms with E-state index in [0.29, 0.717) is 11.4 Å². The third-order valence-corrected chi connectivity index (χ3v) is 4.25. The Labute approximate surface area is 161 Å². The van der Waals surface area contributed by atoms with Crippen LogP contribution in [0.15, 0.2) is 48.5 Å². The van der Waals surface area contributed by atoms with Crippen molar-refractivity contribution in [1.82, 2.24) is 9.78 Å². The van der Waals surface area contributed by atoms with Crippen LogP contribution in [0.25, 0.3) is 5.69 Å². The highest BCUT2D eigenvalue weighted by Gasteiger charge is 2.18. The second-order valence-electron chi connectivity index (χ2n) is 6.35. The summed E-state index contributed by atoms with van der Waals surface area (Å²) in [6.07, 6.45) is 0. The Morgan fingerprint density at radius 1 is 1.14 bits per heavy atom. The second kappa shape index (κ2) is 7.91. The first kappa shape index (κ1) is 19.1. The van der Waals surface area contributed by atoms with E-state index >= 15 is 0 Å². The monoisotopic (exact) mass is 380 g/mol. The Hall–Kier alpha value is -3.68. The Bertz CT molecular complexity index is 1030. The summed E-state index contributed by atoms with van der Waals surface area (Å²) in [6, 6.07) is 13.8. The first-order valence-electron chi connectivity index (χ1n) is 8.66. The van der Waals surface area contributed by atoms with Gasteiger partial charge >= 0.3 is 5.69 Å². The molecule has 1 heterocycles. The molecule has 1 N–H and O–H groups in total. The minimum absolute atomic E-state index is 0.0476. The van der Waals surface area contributed by atoms with E-state index in [1.807, 2.05) is 38.1 Å². The number of aryl methyl sites for hydroxylation is 2. The third kappa shape index (κ3) is 4.01. The number of amides is 1. The van der Waals surface area contributed by atoms with E-state index in [0.717, 1.165) is 16.9 Å². The van der Waals surface area contributed by atoms with Crippen molar-refractivity contribution in [2.24, 2.45) is 0 Å². The van der Waals surface area contributed by atoms with Crippen LogP contribution in [0.1, 0.15) is 17.0 Å². The van der Waals surface area contributed by atoms with Crippen LogP contribution in [0.3, 0.4) is 0 Å². The number of hydrogen-bond acceptors (Lipinski definition) is 5. The number of aromatic nitrogens is 2. The van der Waals surface area contributed by atoms with Gasteiger partial charge in [0.15, 0.2) is 12.4 Å². The molecule has 1 amide bonds. The van der Waals surface area contributed by atoms with Gasteiger partial charge in [-0.25, -0.2) is 4.68 Å². The predicted octanol–water partition coefficient (Wildman–Crippen LogP) is 3.72. The molecule has 0 spiro atoms. The normalized spacial score (nSPS) is 10.5. The zero-order chi connectivity index (χ0) is 20.3. The molecule has 8 nitrogen and oxygen atoms in total. The van der Waals surface area contributed by atoms with Crippen molar-refractivity contribution in [3.8, 4) is 11.4 Å². The standard InChI is InChI=1S/C20H20N4O4/c1-13-8-10-16(11-9-13)23-15(3)20(14(2)22-23)21-19(25)12-28-18-7-5-4-6-17(18)24(26)27/h4-11H,12H2,1-3H3,(H,21,25). The highest BCUT2D eigenvalue weighted by atomic mass is 16.6. The van der Waals surface area contributed by atoms with Crippen LogP contribution in [0.5, 0.6) is 5.75 Å². The SMILES string of the molecule is Cc1ccc(-n2nc(C)c(NC(=O)COc3ccccc3[N+](=O)[O-])c2C)cc1. The van der Waals surface area contributed by atoms with Gasteiger partial charge in [-0.3, -0.25) is 14.9 Å². The Balaban J connectivity index is 1.73. The summed E-state index contributed by atoms with van der Waals surface area (Å²) in [5.41, 5.74) is 3.89. The van der Waals surface area contributed by atoms with Crippen molar-refractivity contribution < 1.29 is 14.5 Å². The fraction of sp³-hybridized carbons (Fsp3) is 0.200. The maximum absolute atomic E-state index is 12.3. The van der Waals surface area contributed by atoms with Gasteiger partial charge in [0.25, 0.3) is 5.91 Å². The number of rotatable bonds is 6. The molecule has 3 aromatic rings. The van der Waals surface area contributed by atoms with Gasteiger partial charge in [0.05, 0.1) is 27.7 Å². The number of nitro benzene ring substituents is 1. The van der Waals surface area contributed by atoms with Gasteiger partial charge in [0, 0.05) is 6.07 Å². The first-order chi connectivity index (χ1) is 13.4. The van der Waals surface area contributed by atoms with Crippen LogP contribution < -0.4 is 10.1 Å². The summed E-state index contributed by atoms with van der Waals surface area (Å²) in [5, 5.41) is 18.3. The fourth-order valence-corrected chi connectivity index (χ4v) is 2.81. The summed E-state index contributed by atoms with van der Waals surface area (Å²) in [6.45, 7) is 5.32. The van der Waals surface area contributed by atoms with Crippen molar-refractivity contribution in [1.29, 1.82) is 0 Å². The molecule has 0 aliphatic carbocycles. The average molecular weight is 380 g/mol. The molecule has 0 unspecified atom stereocenters. The molecule has 0 radical (unpaired) electrons. The number of anilines is 1. The predicted molar refractivity (Wildman–Crippen MR) is 105 cm³/mol. The lowest BCUT2D eigenvalue weighted by Crippen LogP contribution is -2.21. The molecule has 3 rings (SSSR count). The molecule has 8 heteroatoms. The first-order valence-corrected chi connectivity index (χ1v) is 8.66. The lowest BCUT2D eigenvalue weighted by Gasteiger charge is -2.09. The van der Waals surface area contributed by atoms with Gasteiger partial charge in [-0.1, -0.05) is 29.8 Å². The van der Waals surface area contributed by atoms with E-state index in [1.165, 1.54) is 18.2 Å². The molecule has 0 atom stereocenters. The minimum atomic E-state index is -0.548. The van der Waals surface area contributed by atoms with Crippen LogP contribution in [-0.2, 0) is 4.79 Å². The number of carbonyl (C=O) groups is 1. The largest absolute Gasteiger partial charge is 0.477 e. The molecule has 144 valence electrons. The van der Waals surface area contributed by atoms with Gasteiger partial charge < -0.3 is 10.1 Å². The number of benzene rings is 2. The highest BCUT2D eigenvalue weighted by Crippen LogP contribution is 2.26. The third-order valence-electron chi connectivity index (χ3n) is 4.25. The number of carbonyl (C=O) groups excluding carboxylic acids is 1. The van der Waals surface area contributed by atoms with Crippen molar-refractivity contribution in [3.05, 3.63) is 75.6 Å². The van der Waals surface area contributed by atoms with Gasteiger partial charge in [-0.05, 0) is 39.0 Å². The summed E-state index contributed by atoms with van der Waals surface area (Å²) in [4.78, 5) is 22.8.